The van der Waals surface area contributed by atoms with E-state index in [0.717, 1.165) is 35.7 Å². The predicted octanol–water partition coefficient (Wildman–Crippen LogP) is 4.44. The summed E-state index contributed by atoms with van der Waals surface area (Å²) >= 11 is 0. The first-order valence-corrected chi connectivity index (χ1v) is 8.88. The maximum atomic E-state index is 13.0. The molecular weight excluding hydrogens is 308 g/mol. The smallest absolute Gasteiger partial charge is 0.253 e. The molecule has 1 amide bonds. The summed E-state index contributed by atoms with van der Waals surface area (Å²) in [6.07, 6.45) is 5.84. The van der Waals surface area contributed by atoms with Gasteiger partial charge < -0.3 is 5.32 Å². The average Bonchev–Trinajstić information content (AvgIpc) is 2.61. The number of carbonyl (C=O) groups is 1. The molecule has 0 bridgehead atoms. The van der Waals surface area contributed by atoms with Crippen molar-refractivity contribution in [1.82, 2.24) is 10.3 Å². The summed E-state index contributed by atoms with van der Waals surface area (Å²) in [5.41, 5.74) is 3.77. The molecule has 0 spiro atoms. The number of hydrogen-bond acceptors (Lipinski definition) is 2. The Bertz CT molecular complexity index is 914. The normalized spacial score (nSPS) is 15.6. The van der Waals surface area contributed by atoms with Crippen molar-refractivity contribution in [3.8, 4) is 0 Å². The summed E-state index contributed by atoms with van der Waals surface area (Å²) in [5.74, 6) is -0.00798. The SMILES string of the molecule is Cc1c(C(=O)NC2(Cc3ccccc3)CCC2)cnc2ccccc12. The van der Waals surface area contributed by atoms with Crippen molar-refractivity contribution < 1.29 is 4.79 Å². The number of pyridine rings is 1. The Balaban J connectivity index is 1.59. The second-order valence-corrected chi connectivity index (χ2v) is 7.06. The van der Waals surface area contributed by atoms with E-state index in [-0.39, 0.29) is 11.4 Å². The van der Waals surface area contributed by atoms with Crippen LogP contribution in [-0.2, 0) is 6.42 Å². The van der Waals surface area contributed by atoms with Gasteiger partial charge in [-0.05, 0) is 49.8 Å². The van der Waals surface area contributed by atoms with Crippen molar-refractivity contribution >= 4 is 16.8 Å². The Morgan fingerprint density at radius 3 is 2.52 bits per heavy atom. The first-order chi connectivity index (χ1) is 12.2. The Labute approximate surface area is 148 Å². The number of rotatable bonds is 4. The molecule has 0 radical (unpaired) electrons. The number of para-hydroxylation sites is 1. The lowest BCUT2D eigenvalue weighted by Crippen LogP contribution is -2.55. The number of carbonyl (C=O) groups excluding carboxylic acids is 1. The highest BCUT2D eigenvalue weighted by atomic mass is 16.1. The van der Waals surface area contributed by atoms with Gasteiger partial charge in [0.2, 0.25) is 0 Å². The lowest BCUT2D eigenvalue weighted by atomic mass is 9.72. The number of nitrogens with zero attached hydrogens (tertiary/aromatic N) is 1. The quantitative estimate of drug-likeness (QED) is 0.768. The van der Waals surface area contributed by atoms with Crippen LogP contribution < -0.4 is 5.32 Å². The monoisotopic (exact) mass is 330 g/mol. The van der Waals surface area contributed by atoms with Crippen molar-refractivity contribution in [3.63, 3.8) is 0 Å². The van der Waals surface area contributed by atoms with Gasteiger partial charge >= 0.3 is 0 Å². The summed E-state index contributed by atoms with van der Waals surface area (Å²) in [4.78, 5) is 17.4. The summed E-state index contributed by atoms with van der Waals surface area (Å²) < 4.78 is 0. The molecule has 4 rings (SSSR count). The van der Waals surface area contributed by atoms with Crippen LogP contribution in [0.2, 0.25) is 0 Å². The zero-order chi connectivity index (χ0) is 17.3. The lowest BCUT2D eigenvalue weighted by molar-refractivity contribution is 0.0826. The predicted molar refractivity (Wildman–Crippen MR) is 101 cm³/mol. The van der Waals surface area contributed by atoms with E-state index in [4.69, 9.17) is 0 Å². The van der Waals surface area contributed by atoms with Crippen LogP contribution >= 0.6 is 0 Å². The third kappa shape index (κ3) is 3.02. The molecule has 1 fully saturated rings. The van der Waals surface area contributed by atoms with E-state index in [2.05, 4.69) is 34.6 Å². The molecule has 126 valence electrons. The van der Waals surface area contributed by atoms with Gasteiger partial charge in [0.1, 0.15) is 0 Å². The molecule has 3 heteroatoms. The molecule has 3 aromatic rings. The molecule has 1 N–H and O–H groups in total. The Hall–Kier alpha value is -2.68. The van der Waals surface area contributed by atoms with Gasteiger partial charge in [0.15, 0.2) is 0 Å². The number of benzene rings is 2. The van der Waals surface area contributed by atoms with Crippen LogP contribution in [0, 0.1) is 6.92 Å². The maximum Gasteiger partial charge on any atom is 0.253 e. The standard InChI is InChI=1S/C22H22N2O/c1-16-18-10-5-6-11-20(18)23-15-19(16)21(25)24-22(12-7-13-22)14-17-8-3-2-4-9-17/h2-6,8-11,15H,7,12-14H2,1H3,(H,24,25). The zero-order valence-corrected chi connectivity index (χ0v) is 14.5. The van der Waals surface area contributed by atoms with Gasteiger partial charge in [-0.25, -0.2) is 0 Å². The third-order valence-electron chi connectivity index (χ3n) is 5.36. The van der Waals surface area contributed by atoms with E-state index in [1.54, 1.807) is 6.20 Å². The molecule has 1 aliphatic carbocycles. The fourth-order valence-electron chi connectivity index (χ4n) is 3.75. The van der Waals surface area contributed by atoms with Gasteiger partial charge in [0.25, 0.3) is 5.91 Å². The van der Waals surface area contributed by atoms with Gasteiger partial charge in [-0.1, -0.05) is 48.5 Å². The molecular formula is C22H22N2O. The molecule has 0 saturated heterocycles. The summed E-state index contributed by atoms with van der Waals surface area (Å²) in [6, 6.07) is 18.4. The minimum absolute atomic E-state index is 0.00798. The summed E-state index contributed by atoms with van der Waals surface area (Å²) in [5, 5.41) is 4.36. The van der Waals surface area contributed by atoms with Crippen LogP contribution in [-0.4, -0.2) is 16.4 Å². The van der Waals surface area contributed by atoms with E-state index in [0.29, 0.717) is 5.56 Å². The molecule has 3 nitrogen and oxygen atoms in total. The second kappa shape index (κ2) is 6.32. The number of hydrogen-bond donors (Lipinski definition) is 1. The van der Waals surface area contributed by atoms with E-state index >= 15 is 0 Å². The zero-order valence-electron chi connectivity index (χ0n) is 14.5. The van der Waals surface area contributed by atoms with E-state index in [9.17, 15) is 4.79 Å². The van der Waals surface area contributed by atoms with Gasteiger partial charge in [-0.3, -0.25) is 9.78 Å². The largest absolute Gasteiger partial charge is 0.346 e. The molecule has 25 heavy (non-hydrogen) atoms. The van der Waals surface area contributed by atoms with Crippen molar-refractivity contribution in [2.24, 2.45) is 0 Å². The Morgan fingerprint density at radius 1 is 1.08 bits per heavy atom. The van der Waals surface area contributed by atoms with Crippen molar-refractivity contribution in [1.29, 1.82) is 0 Å². The maximum absolute atomic E-state index is 13.0. The number of nitrogens with one attached hydrogen (secondary N) is 1. The van der Waals surface area contributed by atoms with Crippen molar-refractivity contribution in [3.05, 3.63) is 77.5 Å². The molecule has 0 atom stereocenters. The number of fused-ring (bicyclic) bond motifs is 1. The second-order valence-electron chi connectivity index (χ2n) is 7.06. The highest BCUT2D eigenvalue weighted by molar-refractivity contribution is 6.00. The number of aryl methyl sites for hydroxylation is 1. The molecule has 1 saturated carbocycles. The first kappa shape index (κ1) is 15.8. The average molecular weight is 330 g/mol. The fraction of sp³-hybridized carbons (Fsp3) is 0.273. The van der Waals surface area contributed by atoms with Crippen LogP contribution in [0.5, 0.6) is 0 Å². The van der Waals surface area contributed by atoms with E-state index in [1.807, 2.05) is 37.3 Å². The van der Waals surface area contributed by atoms with Crippen LogP contribution in [0.4, 0.5) is 0 Å². The van der Waals surface area contributed by atoms with Crippen LogP contribution in [0.25, 0.3) is 10.9 Å². The third-order valence-corrected chi connectivity index (χ3v) is 5.36. The molecule has 2 aromatic carbocycles. The van der Waals surface area contributed by atoms with Gasteiger partial charge in [-0.15, -0.1) is 0 Å². The van der Waals surface area contributed by atoms with Crippen molar-refractivity contribution in [2.45, 2.75) is 38.1 Å². The minimum atomic E-state index is -0.115. The molecule has 0 aliphatic heterocycles. The molecule has 0 unspecified atom stereocenters. The molecule has 1 aromatic heterocycles. The summed E-state index contributed by atoms with van der Waals surface area (Å²) in [7, 11) is 0. The fourth-order valence-corrected chi connectivity index (χ4v) is 3.75. The Kier molecular flexibility index (Phi) is 4.00. The highest BCUT2D eigenvalue weighted by Crippen LogP contribution is 2.35. The summed E-state index contributed by atoms with van der Waals surface area (Å²) in [6.45, 7) is 2.00. The number of aromatic nitrogens is 1. The van der Waals surface area contributed by atoms with Gasteiger partial charge in [0.05, 0.1) is 11.1 Å². The molecule has 1 aliphatic rings. The first-order valence-electron chi connectivity index (χ1n) is 8.88. The minimum Gasteiger partial charge on any atom is -0.346 e. The van der Waals surface area contributed by atoms with E-state index in [1.165, 1.54) is 12.0 Å². The molecule has 1 heterocycles. The Morgan fingerprint density at radius 2 is 1.80 bits per heavy atom. The van der Waals surface area contributed by atoms with Crippen LogP contribution in [0.1, 0.15) is 40.7 Å². The topological polar surface area (TPSA) is 42.0 Å². The highest BCUT2D eigenvalue weighted by Gasteiger charge is 2.38. The van der Waals surface area contributed by atoms with Gasteiger partial charge in [-0.2, -0.15) is 0 Å². The van der Waals surface area contributed by atoms with Gasteiger partial charge in [0, 0.05) is 17.1 Å². The number of amides is 1. The van der Waals surface area contributed by atoms with Crippen LogP contribution in [0.3, 0.4) is 0 Å². The lowest BCUT2D eigenvalue weighted by Gasteiger charge is -2.43. The van der Waals surface area contributed by atoms with Crippen LogP contribution in [0.15, 0.2) is 60.8 Å². The van der Waals surface area contributed by atoms with E-state index < -0.39 is 0 Å². The van der Waals surface area contributed by atoms with Crippen molar-refractivity contribution in [2.75, 3.05) is 0 Å².